The van der Waals surface area contributed by atoms with Crippen LogP contribution >= 0.6 is 0 Å². The smallest absolute Gasteiger partial charge is 0.295 e. The summed E-state index contributed by atoms with van der Waals surface area (Å²) in [6.45, 7) is 1.60. The Morgan fingerprint density at radius 3 is 2.49 bits per heavy atom. The summed E-state index contributed by atoms with van der Waals surface area (Å²) in [4.78, 5) is 46.0. The number of benzene rings is 1. The number of nitrogens with one attached hydrogen (secondary N) is 3. The second-order valence-corrected chi connectivity index (χ2v) is 8.53. The standard InChI is InChI=1S/C25H22FN9O2/c26-18-15-30-24(35-9-8-31-32-35)21-19(18)17(14-29-21)22(36)25(37)34-12-10-33(11-13-34)23-20(27-6-7-28-23)16-4-2-1-3-5-16/h1-9,14-15,29,31-32H,10-13H2. The number of amides is 1. The van der Waals surface area contributed by atoms with Crippen molar-refractivity contribution in [1.82, 2.24) is 35.8 Å². The van der Waals surface area contributed by atoms with E-state index in [-0.39, 0.29) is 10.9 Å². The van der Waals surface area contributed by atoms with E-state index in [9.17, 15) is 14.0 Å². The highest BCUT2D eigenvalue weighted by atomic mass is 19.1. The lowest BCUT2D eigenvalue weighted by Crippen LogP contribution is -2.51. The summed E-state index contributed by atoms with van der Waals surface area (Å²) < 4.78 is 14.8. The molecular weight excluding hydrogens is 477 g/mol. The van der Waals surface area contributed by atoms with Crippen LogP contribution in [0.2, 0.25) is 0 Å². The van der Waals surface area contributed by atoms with Gasteiger partial charge in [0.1, 0.15) is 5.69 Å². The highest BCUT2D eigenvalue weighted by molar-refractivity contribution is 6.45. The van der Waals surface area contributed by atoms with Crippen molar-refractivity contribution < 1.29 is 14.0 Å². The van der Waals surface area contributed by atoms with Crippen molar-refractivity contribution in [1.29, 1.82) is 0 Å². The topological polar surface area (TPSA) is 122 Å². The molecule has 2 aliphatic heterocycles. The number of fused-ring (bicyclic) bond motifs is 1. The molecule has 0 aliphatic carbocycles. The molecule has 0 radical (unpaired) electrons. The van der Waals surface area contributed by atoms with Gasteiger partial charge in [-0.2, -0.15) is 0 Å². The lowest BCUT2D eigenvalue weighted by Gasteiger charge is -2.35. The first-order valence-electron chi connectivity index (χ1n) is 11.7. The summed E-state index contributed by atoms with van der Waals surface area (Å²) in [7, 11) is 0. The van der Waals surface area contributed by atoms with Crippen LogP contribution in [0.3, 0.4) is 0 Å². The van der Waals surface area contributed by atoms with Gasteiger partial charge in [-0.15, -0.1) is 5.53 Å². The van der Waals surface area contributed by atoms with Crippen LogP contribution in [0, 0.1) is 5.82 Å². The summed E-state index contributed by atoms with van der Waals surface area (Å²) in [6, 6.07) is 9.77. The minimum absolute atomic E-state index is 0.0242. The minimum atomic E-state index is -0.775. The molecule has 3 N–H and O–H groups in total. The number of ketones is 1. The Labute approximate surface area is 210 Å². The van der Waals surface area contributed by atoms with Gasteiger partial charge >= 0.3 is 0 Å². The van der Waals surface area contributed by atoms with Crippen LogP contribution in [-0.4, -0.2) is 62.7 Å². The number of aromatic amines is 1. The van der Waals surface area contributed by atoms with Crippen molar-refractivity contribution >= 4 is 34.2 Å². The number of H-pyrrole nitrogens is 1. The van der Waals surface area contributed by atoms with Crippen LogP contribution in [0.4, 0.5) is 16.0 Å². The Hall–Kier alpha value is -4.84. The molecule has 1 aromatic carbocycles. The maximum absolute atomic E-state index is 14.8. The van der Waals surface area contributed by atoms with Crippen molar-refractivity contribution in [2.24, 2.45) is 0 Å². The molecule has 3 aromatic heterocycles. The molecule has 0 spiro atoms. The lowest BCUT2D eigenvalue weighted by molar-refractivity contribution is -0.126. The van der Waals surface area contributed by atoms with E-state index in [1.165, 1.54) is 16.1 Å². The molecule has 4 aromatic rings. The molecule has 186 valence electrons. The number of Topliss-reactive ketones (excluding diaryl/α,β-unsaturated/α-hetero) is 1. The fourth-order valence-corrected chi connectivity index (χ4v) is 4.58. The zero-order valence-corrected chi connectivity index (χ0v) is 19.6. The number of hydrazine groups is 2. The molecule has 5 heterocycles. The summed E-state index contributed by atoms with van der Waals surface area (Å²) >= 11 is 0. The van der Waals surface area contributed by atoms with Crippen LogP contribution in [0.5, 0.6) is 0 Å². The van der Waals surface area contributed by atoms with Crippen molar-refractivity contribution in [2.45, 2.75) is 0 Å². The normalized spacial score (nSPS) is 15.3. The van der Waals surface area contributed by atoms with Gasteiger partial charge in [-0.1, -0.05) is 30.3 Å². The highest BCUT2D eigenvalue weighted by Crippen LogP contribution is 2.30. The van der Waals surface area contributed by atoms with Crippen LogP contribution in [0.15, 0.2) is 67.5 Å². The molecule has 12 heteroatoms. The second kappa shape index (κ2) is 9.32. The fourth-order valence-electron chi connectivity index (χ4n) is 4.58. The van der Waals surface area contributed by atoms with Crippen LogP contribution in [0.1, 0.15) is 10.4 Å². The molecule has 0 bridgehead atoms. The van der Waals surface area contributed by atoms with Crippen LogP contribution < -0.4 is 20.9 Å². The first-order chi connectivity index (χ1) is 18.1. The van der Waals surface area contributed by atoms with Crippen LogP contribution in [0.25, 0.3) is 22.2 Å². The Balaban J connectivity index is 1.20. The van der Waals surface area contributed by atoms with Crippen molar-refractivity contribution in [3.63, 3.8) is 0 Å². The summed E-state index contributed by atoms with van der Waals surface area (Å²) in [5.41, 5.74) is 7.58. The molecule has 1 amide bonds. The molecule has 11 nitrogen and oxygen atoms in total. The fraction of sp³-hybridized carbons (Fsp3) is 0.160. The third kappa shape index (κ3) is 4.02. The first-order valence-corrected chi connectivity index (χ1v) is 11.7. The predicted octanol–water partition coefficient (Wildman–Crippen LogP) is 1.99. The van der Waals surface area contributed by atoms with E-state index in [0.717, 1.165) is 23.3 Å². The SMILES string of the molecule is O=C(C(=O)N1CCN(c2nccnc2-c2ccccc2)CC1)c1c[nH]c2c(N3C=CNN3)ncc(F)c12. The molecule has 37 heavy (non-hydrogen) atoms. The first kappa shape index (κ1) is 22.6. The summed E-state index contributed by atoms with van der Waals surface area (Å²) in [6.07, 6.45) is 8.98. The van der Waals surface area contributed by atoms with Gasteiger partial charge in [-0.05, 0) is 0 Å². The number of hydrogen-bond donors (Lipinski definition) is 3. The number of nitrogens with zero attached hydrogens (tertiary/aromatic N) is 6. The van der Waals surface area contributed by atoms with E-state index in [0.29, 0.717) is 37.5 Å². The number of hydrogen-bond acceptors (Lipinski definition) is 9. The third-order valence-corrected chi connectivity index (χ3v) is 6.39. The Morgan fingerprint density at radius 1 is 0.946 bits per heavy atom. The van der Waals surface area contributed by atoms with E-state index in [1.54, 1.807) is 24.8 Å². The van der Waals surface area contributed by atoms with E-state index >= 15 is 0 Å². The number of pyridine rings is 1. The van der Waals surface area contributed by atoms with Crippen molar-refractivity contribution in [3.8, 4) is 11.3 Å². The average Bonchev–Trinajstić information content (AvgIpc) is 3.65. The van der Waals surface area contributed by atoms with E-state index in [2.05, 4.69) is 35.8 Å². The second-order valence-electron chi connectivity index (χ2n) is 8.53. The van der Waals surface area contributed by atoms with Gasteiger partial charge in [0.25, 0.3) is 11.7 Å². The zero-order chi connectivity index (χ0) is 25.4. The van der Waals surface area contributed by atoms with E-state index < -0.39 is 17.5 Å². The molecule has 1 saturated heterocycles. The molecule has 1 fully saturated rings. The van der Waals surface area contributed by atoms with Gasteiger partial charge in [-0.3, -0.25) is 14.6 Å². The summed E-state index contributed by atoms with van der Waals surface area (Å²) in [5.74, 6) is -1.06. The number of piperazine rings is 1. The summed E-state index contributed by atoms with van der Waals surface area (Å²) in [5, 5.41) is 1.56. The monoisotopic (exact) mass is 499 g/mol. The number of aromatic nitrogens is 4. The Bertz CT molecular complexity index is 1510. The molecule has 0 atom stereocenters. The quantitative estimate of drug-likeness (QED) is 0.280. The van der Waals surface area contributed by atoms with E-state index in [1.807, 2.05) is 30.3 Å². The highest BCUT2D eigenvalue weighted by Gasteiger charge is 2.31. The van der Waals surface area contributed by atoms with Gasteiger partial charge in [0, 0.05) is 62.7 Å². The van der Waals surface area contributed by atoms with Crippen molar-refractivity contribution in [3.05, 3.63) is 78.9 Å². The van der Waals surface area contributed by atoms with Gasteiger partial charge in [0.05, 0.1) is 22.7 Å². The molecule has 2 aliphatic rings. The number of halogens is 1. The van der Waals surface area contributed by atoms with Crippen LogP contribution in [-0.2, 0) is 4.79 Å². The third-order valence-electron chi connectivity index (χ3n) is 6.39. The largest absolute Gasteiger partial charge is 0.357 e. The maximum atomic E-state index is 14.8. The van der Waals surface area contributed by atoms with Gasteiger partial charge in [0.2, 0.25) is 0 Å². The average molecular weight is 500 g/mol. The van der Waals surface area contributed by atoms with Gasteiger partial charge in [-0.25, -0.2) is 19.4 Å². The van der Waals surface area contributed by atoms with E-state index in [4.69, 9.17) is 0 Å². The number of carbonyl (C=O) groups is 2. The Kier molecular flexibility index (Phi) is 5.69. The number of rotatable bonds is 5. The minimum Gasteiger partial charge on any atom is -0.357 e. The van der Waals surface area contributed by atoms with Crippen molar-refractivity contribution in [2.75, 3.05) is 36.1 Å². The molecular formula is C25H22FN9O2. The predicted molar refractivity (Wildman–Crippen MR) is 135 cm³/mol. The number of anilines is 2. The maximum Gasteiger partial charge on any atom is 0.295 e. The molecule has 6 rings (SSSR count). The van der Waals surface area contributed by atoms with Gasteiger partial charge in [0.15, 0.2) is 17.5 Å². The Morgan fingerprint density at radius 2 is 1.73 bits per heavy atom. The molecule has 0 unspecified atom stereocenters. The number of carbonyl (C=O) groups excluding carboxylic acids is 2. The molecule has 0 saturated carbocycles. The van der Waals surface area contributed by atoms with Gasteiger partial charge < -0.3 is 20.2 Å². The lowest BCUT2D eigenvalue weighted by atomic mass is 10.1. The zero-order valence-electron chi connectivity index (χ0n) is 19.6.